The molecule has 0 aliphatic carbocycles. The Morgan fingerprint density at radius 3 is 2.08 bits per heavy atom. The van der Waals surface area contributed by atoms with Gasteiger partial charge in [0.05, 0.1) is 13.0 Å². The second kappa shape index (κ2) is 7.80. The molecule has 0 amide bonds. The van der Waals surface area contributed by atoms with Crippen molar-refractivity contribution in [3.8, 4) is 11.5 Å². The molecule has 0 spiro atoms. The molecule has 0 N–H and O–H groups in total. The van der Waals surface area contributed by atoms with Crippen LogP contribution in [0.1, 0.15) is 46.4 Å². The summed E-state index contributed by atoms with van der Waals surface area (Å²) in [6, 6.07) is 2.44. The molecule has 0 saturated heterocycles. The molecule has 0 atom stereocenters. The summed E-state index contributed by atoms with van der Waals surface area (Å²) in [6.07, 6.45) is 1.99. The molecule has 4 heteroatoms. The van der Waals surface area contributed by atoms with Gasteiger partial charge in [0, 0.05) is 10.6 Å². The lowest BCUT2D eigenvalue weighted by molar-refractivity contribution is 0.730. The van der Waals surface area contributed by atoms with Crippen molar-refractivity contribution in [3.05, 3.63) is 23.6 Å². The highest BCUT2D eigenvalue weighted by molar-refractivity contribution is 7.99. The summed E-state index contributed by atoms with van der Waals surface area (Å²) < 4.78 is 1.58. The van der Waals surface area contributed by atoms with E-state index < -0.39 is 16.1 Å². The van der Waals surface area contributed by atoms with E-state index in [0.717, 1.165) is 5.75 Å². The van der Waals surface area contributed by atoms with Gasteiger partial charge in [-0.05, 0) is 20.6 Å². The van der Waals surface area contributed by atoms with Gasteiger partial charge in [-0.1, -0.05) is 79.7 Å². The van der Waals surface area contributed by atoms with Crippen LogP contribution in [-0.4, -0.2) is 21.9 Å². The molecule has 25 heavy (non-hydrogen) atoms. The molecule has 0 unspecified atom stereocenters. The summed E-state index contributed by atoms with van der Waals surface area (Å²) in [5.74, 6) is 4.56. The molecule has 1 aromatic rings. The molecule has 0 saturated carbocycles. The van der Waals surface area contributed by atoms with Gasteiger partial charge in [-0.3, -0.25) is 0 Å². The lowest BCUT2D eigenvalue weighted by Gasteiger charge is -2.35. The lowest BCUT2D eigenvalue weighted by Crippen LogP contribution is -2.47. The molecule has 0 nitrogen and oxygen atoms in total. The maximum atomic E-state index is 3.88. The van der Waals surface area contributed by atoms with E-state index in [-0.39, 0.29) is 0 Å². The highest BCUT2D eigenvalue weighted by Gasteiger charge is 2.39. The van der Waals surface area contributed by atoms with Crippen LogP contribution in [0.15, 0.2) is 23.6 Å². The van der Waals surface area contributed by atoms with Crippen molar-refractivity contribution in [3.63, 3.8) is 0 Å². The average Bonchev–Trinajstić information content (AvgIpc) is 2.84. The van der Waals surface area contributed by atoms with Crippen molar-refractivity contribution in [2.24, 2.45) is 0 Å². The van der Waals surface area contributed by atoms with E-state index in [9.17, 15) is 0 Å². The Labute approximate surface area is 166 Å². The first-order valence-corrected chi connectivity index (χ1v) is 16.8. The molecule has 0 aliphatic rings. The van der Waals surface area contributed by atoms with Crippen molar-refractivity contribution in [1.82, 2.24) is 0 Å². The van der Waals surface area contributed by atoms with Gasteiger partial charge in [0.15, 0.2) is 0 Å². The molecule has 0 aromatic carbocycles. The average molecular weight is 409 g/mol. The highest BCUT2D eigenvalue weighted by atomic mass is 32.2. The second-order valence-corrected chi connectivity index (χ2v) is 22.7. The fraction of sp³-hybridized carbons (Fsp3) is 0.619. The second-order valence-electron chi connectivity index (χ2n) is 9.90. The van der Waals surface area contributed by atoms with Crippen LogP contribution in [0.3, 0.4) is 0 Å². The summed E-state index contributed by atoms with van der Waals surface area (Å²) in [5, 5.41) is 0.649. The summed E-state index contributed by atoms with van der Waals surface area (Å²) >= 11 is 3.83. The largest absolute Gasteiger partial charge is 0.138 e. The third-order valence-corrected chi connectivity index (χ3v) is 19.4. The molecule has 140 valence electrons. The first kappa shape index (κ1) is 22.8. The quantitative estimate of drug-likeness (QED) is 0.221. The van der Waals surface area contributed by atoms with Crippen LogP contribution in [-0.2, 0) is 0 Å². The van der Waals surface area contributed by atoms with E-state index in [2.05, 4.69) is 91.8 Å². The summed E-state index contributed by atoms with van der Waals surface area (Å²) in [4.78, 5) is 2.63. The van der Waals surface area contributed by atoms with Crippen LogP contribution in [0.4, 0.5) is 0 Å². The number of hydrogen-bond acceptors (Lipinski definition) is 2. The minimum absolute atomic E-state index is 0.300. The monoisotopic (exact) mass is 408 g/mol. The van der Waals surface area contributed by atoms with E-state index in [1.807, 2.05) is 29.2 Å². The fourth-order valence-corrected chi connectivity index (χ4v) is 8.01. The maximum Gasteiger partial charge on any atom is 0.138 e. The minimum Gasteiger partial charge on any atom is -0.135 e. The maximum absolute atomic E-state index is 3.88. The van der Waals surface area contributed by atoms with Crippen LogP contribution in [0, 0.1) is 11.5 Å². The van der Waals surface area contributed by atoms with Crippen molar-refractivity contribution < 1.29 is 0 Å². The summed E-state index contributed by atoms with van der Waals surface area (Å²) in [7, 11) is -3.11. The Kier molecular flexibility index (Phi) is 7.12. The SMILES string of the molecule is C=CCSc1cc([Si](C)(C)C(C)(C)C)sc1C#C[Si](C)(C)C(C)(C)C. The van der Waals surface area contributed by atoms with Crippen molar-refractivity contribution in [2.75, 3.05) is 5.75 Å². The van der Waals surface area contributed by atoms with Crippen LogP contribution in [0.25, 0.3) is 0 Å². The van der Waals surface area contributed by atoms with E-state index in [1.165, 1.54) is 9.77 Å². The molecule has 1 rings (SSSR count). The molecular weight excluding hydrogens is 373 g/mol. The first-order chi connectivity index (χ1) is 11.1. The highest BCUT2D eigenvalue weighted by Crippen LogP contribution is 2.39. The minimum atomic E-state index is -1.59. The van der Waals surface area contributed by atoms with Gasteiger partial charge in [-0.25, -0.2) is 0 Å². The molecule has 0 radical (unpaired) electrons. The zero-order chi connectivity index (χ0) is 19.7. The van der Waals surface area contributed by atoms with Gasteiger partial charge in [-0.2, -0.15) is 0 Å². The van der Waals surface area contributed by atoms with Gasteiger partial charge in [0.2, 0.25) is 0 Å². The van der Waals surface area contributed by atoms with E-state index >= 15 is 0 Å². The third kappa shape index (κ3) is 5.38. The number of thiophene rings is 1. The number of rotatable bonds is 4. The van der Waals surface area contributed by atoms with Crippen LogP contribution in [0.2, 0.25) is 36.3 Å². The van der Waals surface area contributed by atoms with E-state index in [1.54, 1.807) is 4.50 Å². The van der Waals surface area contributed by atoms with Crippen molar-refractivity contribution >= 4 is 43.7 Å². The predicted octanol–water partition coefficient (Wildman–Crippen LogP) is 7.14. The van der Waals surface area contributed by atoms with E-state index in [0.29, 0.717) is 10.1 Å². The summed E-state index contributed by atoms with van der Waals surface area (Å²) in [6.45, 7) is 27.8. The smallest absolute Gasteiger partial charge is 0.135 e. The van der Waals surface area contributed by atoms with Crippen LogP contribution < -0.4 is 4.50 Å². The molecule has 0 aliphatic heterocycles. The van der Waals surface area contributed by atoms with Gasteiger partial charge >= 0.3 is 0 Å². The molecule has 1 aromatic heterocycles. The topological polar surface area (TPSA) is 0 Å². The fourth-order valence-electron chi connectivity index (χ4n) is 1.80. The number of hydrogen-bond donors (Lipinski definition) is 0. The van der Waals surface area contributed by atoms with Gasteiger partial charge in [0.25, 0.3) is 0 Å². The molecule has 0 fully saturated rings. The normalized spacial score (nSPS) is 13.4. The predicted molar refractivity (Wildman–Crippen MR) is 126 cm³/mol. The Hall–Kier alpha value is -0.216. The summed E-state index contributed by atoms with van der Waals surface area (Å²) in [5.41, 5.74) is 3.71. The number of thioether (sulfide) groups is 1. The molecule has 0 bridgehead atoms. The van der Waals surface area contributed by atoms with Gasteiger partial charge in [-0.15, -0.1) is 35.2 Å². The molecule has 1 heterocycles. The Bertz CT molecular complexity index is 671. The van der Waals surface area contributed by atoms with Crippen LogP contribution >= 0.6 is 23.1 Å². The van der Waals surface area contributed by atoms with Gasteiger partial charge < -0.3 is 0 Å². The molecular formula is C21H36S2Si2. The van der Waals surface area contributed by atoms with Gasteiger partial charge in [0.1, 0.15) is 8.07 Å². The lowest BCUT2D eigenvalue weighted by atomic mass is 10.2. The Balaban J connectivity index is 3.39. The Morgan fingerprint density at radius 1 is 1.08 bits per heavy atom. The standard InChI is InChI=1S/C21H36S2Si2/c1-12-14-22-18-16-19(25(10,11)21(5,6)7)23-17(18)13-15-24(8,9)20(2,3)4/h12,16H,1,14H2,2-11H3. The van der Waals surface area contributed by atoms with Crippen LogP contribution in [0.5, 0.6) is 0 Å². The Morgan fingerprint density at radius 2 is 1.64 bits per heavy atom. The third-order valence-electron chi connectivity index (χ3n) is 5.91. The van der Waals surface area contributed by atoms with E-state index in [4.69, 9.17) is 0 Å². The van der Waals surface area contributed by atoms with Crippen molar-refractivity contribution in [2.45, 2.75) is 82.7 Å². The first-order valence-electron chi connectivity index (χ1n) is 9.04. The zero-order valence-corrected chi connectivity index (χ0v) is 21.5. The zero-order valence-electron chi connectivity index (χ0n) is 17.9. The van der Waals surface area contributed by atoms with Crippen molar-refractivity contribution in [1.29, 1.82) is 0 Å².